The summed E-state index contributed by atoms with van der Waals surface area (Å²) in [6.45, 7) is 0.0604. The van der Waals surface area contributed by atoms with Gasteiger partial charge in [-0.25, -0.2) is 4.79 Å². The number of aromatic amines is 1. The fourth-order valence-electron chi connectivity index (χ4n) is 2.14. The molecule has 9 nitrogen and oxygen atoms in total. The second-order valence-corrected chi connectivity index (χ2v) is 4.65. The number of nitrogens with zero attached hydrogens (tertiary/aromatic N) is 4. The lowest BCUT2D eigenvalue weighted by Crippen LogP contribution is -2.19. The van der Waals surface area contributed by atoms with Gasteiger partial charge in [-0.1, -0.05) is 5.11 Å². The number of H-pyrrole nitrogens is 1. The van der Waals surface area contributed by atoms with Gasteiger partial charge in [0, 0.05) is 16.8 Å². The maximum absolute atomic E-state index is 11.8. The van der Waals surface area contributed by atoms with Crippen molar-refractivity contribution in [3.05, 3.63) is 39.9 Å². The van der Waals surface area contributed by atoms with Gasteiger partial charge in [0.1, 0.15) is 6.10 Å². The highest BCUT2D eigenvalue weighted by molar-refractivity contribution is 6.03. The van der Waals surface area contributed by atoms with E-state index in [1.165, 1.54) is 19.4 Å². The topological polar surface area (TPSA) is 144 Å². The van der Waals surface area contributed by atoms with Gasteiger partial charge in [-0.3, -0.25) is 5.10 Å². The highest BCUT2D eigenvalue weighted by Crippen LogP contribution is 2.26. The number of aromatic nitrogens is 2. The van der Waals surface area contributed by atoms with Crippen LogP contribution in [0.2, 0.25) is 0 Å². The second kappa shape index (κ2) is 6.90. The molecule has 2 rings (SSSR count). The Balaban J connectivity index is 2.34. The van der Waals surface area contributed by atoms with Crippen LogP contribution in [0, 0.1) is 0 Å². The van der Waals surface area contributed by atoms with Gasteiger partial charge in [-0.2, -0.15) is 5.10 Å². The molecule has 1 heterocycles. The number of nitrogens with one attached hydrogen (secondary N) is 1. The Morgan fingerprint density at radius 1 is 1.55 bits per heavy atom. The normalized spacial score (nSPS) is 13.4. The molecule has 0 aliphatic heterocycles. The first-order valence-electron chi connectivity index (χ1n) is 6.50. The van der Waals surface area contributed by atoms with Crippen molar-refractivity contribution >= 4 is 16.9 Å². The van der Waals surface area contributed by atoms with Gasteiger partial charge >= 0.3 is 5.97 Å². The lowest BCUT2D eigenvalue weighted by Gasteiger charge is -2.18. The fraction of sp³-hybridized carbons (Fsp3) is 0.385. The molecule has 2 aromatic rings. The maximum atomic E-state index is 11.8. The van der Waals surface area contributed by atoms with E-state index in [2.05, 4.69) is 20.2 Å². The lowest BCUT2D eigenvalue weighted by molar-refractivity contribution is 0.0150. The lowest BCUT2D eigenvalue weighted by atomic mass is 9.98. The summed E-state index contributed by atoms with van der Waals surface area (Å²) in [5.41, 5.74) is 9.33. The van der Waals surface area contributed by atoms with Crippen LogP contribution in [0.15, 0.2) is 23.4 Å². The molecule has 116 valence electrons. The number of aliphatic hydroxyl groups excluding tert-OH is 2. The van der Waals surface area contributed by atoms with Crippen LogP contribution >= 0.6 is 0 Å². The second-order valence-electron chi connectivity index (χ2n) is 4.65. The van der Waals surface area contributed by atoms with Gasteiger partial charge in [-0.15, -0.1) is 0 Å². The number of esters is 1. The molecule has 0 saturated heterocycles. The standard InChI is InChI=1S/C13H15N5O4/c1-22-13(21)8-4-7(5-10-9(8)6-16-17-10)12(20)11(19)2-3-15-18-14/h4-6,11-12,19-20H,2-3H2,1H3,(H,16,17). The molecule has 1 aromatic carbocycles. The third-order valence-corrected chi connectivity index (χ3v) is 3.28. The highest BCUT2D eigenvalue weighted by atomic mass is 16.5. The number of carbonyl (C=O) groups is 1. The van der Waals surface area contributed by atoms with E-state index in [0.717, 1.165) is 0 Å². The van der Waals surface area contributed by atoms with Gasteiger partial charge in [0.25, 0.3) is 0 Å². The number of azide groups is 1. The minimum absolute atomic E-state index is 0.0604. The van der Waals surface area contributed by atoms with E-state index in [0.29, 0.717) is 16.5 Å². The molecule has 0 saturated carbocycles. The molecule has 9 heteroatoms. The summed E-state index contributed by atoms with van der Waals surface area (Å²) >= 11 is 0. The number of fused-ring (bicyclic) bond motifs is 1. The molecule has 0 radical (unpaired) electrons. The van der Waals surface area contributed by atoms with E-state index in [9.17, 15) is 15.0 Å². The molecule has 2 atom stereocenters. The molecule has 1 aromatic heterocycles. The first-order valence-corrected chi connectivity index (χ1v) is 6.50. The molecular weight excluding hydrogens is 290 g/mol. The van der Waals surface area contributed by atoms with Gasteiger partial charge < -0.3 is 14.9 Å². The molecule has 0 aliphatic carbocycles. The molecule has 0 spiro atoms. The van der Waals surface area contributed by atoms with E-state index >= 15 is 0 Å². The van der Waals surface area contributed by atoms with Gasteiger partial charge in [0.05, 0.1) is 30.5 Å². The van der Waals surface area contributed by atoms with E-state index in [4.69, 9.17) is 10.3 Å². The van der Waals surface area contributed by atoms with Crippen molar-refractivity contribution in [3.8, 4) is 0 Å². The van der Waals surface area contributed by atoms with Crippen LogP contribution in [0.3, 0.4) is 0 Å². The number of methoxy groups -OCH3 is 1. The molecule has 0 aliphatic rings. The highest BCUT2D eigenvalue weighted by Gasteiger charge is 2.22. The maximum Gasteiger partial charge on any atom is 0.338 e. The molecular formula is C13H15N5O4. The van der Waals surface area contributed by atoms with E-state index in [1.54, 1.807) is 6.07 Å². The van der Waals surface area contributed by atoms with Crippen LogP contribution in [0.5, 0.6) is 0 Å². The number of benzene rings is 1. The monoisotopic (exact) mass is 305 g/mol. The quantitative estimate of drug-likeness (QED) is 0.320. The molecule has 0 fully saturated rings. The molecule has 3 N–H and O–H groups in total. The van der Waals surface area contributed by atoms with E-state index in [1.807, 2.05) is 0 Å². The summed E-state index contributed by atoms with van der Waals surface area (Å²) in [6, 6.07) is 3.04. The first kappa shape index (κ1) is 15.8. The Labute approximate surface area is 125 Å². The molecule has 2 unspecified atom stereocenters. The molecule has 0 amide bonds. The van der Waals surface area contributed by atoms with Crippen molar-refractivity contribution in [2.24, 2.45) is 5.11 Å². The number of hydrogen-bond acceptors (Lipinski definition) is 6. The third-order valence-electron chi connectivity index (χ3n) is 3.28. The third kappa shape index (κ3) is 3.17. The smallest absolute Gasteiger partial charge is 0.338 e. The van der Waals surface area contributed by atoms with Crippen molar-refractivity contribution in [2.75, 3.05) is 13.7 Å². The summed E-state index contributed by atoms with van der Waals surface area (Å²) in [6.07, 6.45) is -0.781. The molecule has 0 bridgehead atoms. The number of aliphatic hydroxyl groups is 2. The van der Waals surface area contributed by atoms with Crippen LogP contribution in [-0.2, 0) is 4.74 Å². The molecule has 22 heavy (non-hydrogen) atoms. The summed E-state index contributed by atoms with van der Waals surface area (Å²) in [4.78, 5) is 14.4. The van der Waals surface area contributed by atoms with Crippen LogP contribution < -0.4 is 0 Å². The Kier molecular flexibility index (Phi) is 4.95. The summed E-state index contributed by atoms with van der Waals surface area (Å²) in [5, 5.41) is 30.6. The zero-order valence-corrected chi connectivity index (χ0v) is 11.8. The van der Waals surface area contributed by atoms with Crippen molar-refractivity contribution < 1.29 is 19.7 Å². The summed E-state index contributed by atoms with van der Waals surface area (Å²) in [5.74, 6) is -0.566. The van der Waals surface area contributed by atoms with Gasteiger partial charge in [0.2, 0.25) is 0 Å². The van der Waals surface area contributed by atoms with Crippen molar-refractivity contribution in [3.63, 3.8) is 0 Å². The Morgan fingerprint density at radius 2 is 2.32 bits per heavy atom. The van der Waals surface area contributed by atoms with Gasteiger partial charge in [0.15, 0.2) is 0 Å². The SMILES string of the molecule is COC(=O)c1cc(C(O)C(O)CCN=[N+]=[N-])cc2[nH]ncc12. The van der Waals surface area contributed by atoms with E-state index in [-0.39, 0.29) is 18.5 Å². The van der Waals surface area contributed by atoms with Crippen molar-refractivity contribution in [1.82, 2.24) is 10.2 Å². The minimum Gasteiger partial charge on any atom is -0.465 e. The number of rotatable bonds is 6. The van der Waals surface area contributed by atoms with Crippen LogP contribution in [0.4, 0.5) is 0 Å². The largest absolute Gasteiger partial charge is 0.465 e. The van der Waals surface area contributed by atoms with Crippen molar-refractivity contribution in [2.45, 2.75) is 18.6 Å². The zero-order chi connectivity index (χ0) is 16.1. The van der Waals surface area contributed by atoms with Crippen LogP contribution in [0.25, 0.3) is 21.3 Å². The van der Waals surface area contributed by atoms with Crippen LogP contribution in [0.1, 0.15) is 28.4 Å². The zero-order valence-electron chi connectivity index (χ0n) is 11.8. The Hall–Kier alpha value is -2.61. The van der Waals surface area contributed by atoms with E-state index < -0.39 is 18.2 Å². The average Bonchev–Trinajstić information content (AvgIpc) is 3.00. The number of ether oxygens (including phenoxy) is 1. The summed E-state index contributed by atoms with van der Waals surface area (Å²) in [7, 11) is 1.26. The number of hydrogen-bond donors (Lipinski definition) is 3. The predicted molar refractivity (Wildman–Crippen MR) is 77.0 cm³/mol. The van der Waals surface area contributed by atoms with Crippen LogP contribution in [-0.4, -0.2) is 46.1 Å². The average molecular weight is 305 g/mol. The summed E-state index contributed by atoms with van der Waals surface area (Å²) < 4.78 is 4.71. The van der Waals surface area contributed by atoms with Gasteiger partial charge in [-0.05, 0) is 29.6 Å². The Morgan fingerprint density at radius 3 is 3.00 bits per heavy atom. The number of carbonyl (C=O) groups excluding carboxylic acids is 1. The minimum atomic E-state index is -1.23. The Bertz CT molecular complexity index is 722. The van der Waals surface area contributed by atoms with Crippen molar-refractivity contribution in [1.29, 1.82) is 0 Å². The first-order chi connectivity index (χ1) is 10.6. The predicted octanol–water partition coefficient (Wildman–Crippen LogP) is 1.44. The fourth-order valence-corrected chi connectivity index (χ4v) is 2.14.